The molecule has 0 saturated carbocycles. The molecule has 3 heterocycles. The lowest BCUT2D eigenvalue weighted by molar-refractivity contribution is 0.208. The predicted octanol–water partition coefficient (Wildman–Crippen LogP) is 1.62. The number of hydrogen-bond donors (Lipinski definition) is 1. The standard InChI is InChI=1S/C16H21N7O2/c1-11(2)15-20-13(21-25-15)4-6-22(3)16(24)19-9-12-8-18-14-10-17-5-7-23(12)14/h5,7-8,10-11H,4,6,9H2,1-3H3,(H,19,24). The number of amides is 2. The van der Waals surface area contributed by atoms with Crippen molar-refractivity contribution < 1.29 is 9.32 Å². The van der Waals surface area contributed by atoms with Gasteiger partial charge in [-0.1, -0.05) is 19.0 Å². The van der Waals surface area contributed by atoms with E-state index >= 15 is 0 Å². The van der Waals surface area contributed by atoms with E-state index in [4.69, 9.17) is 4.52 Å². The maximum atomic E-state index is 12.2. The first-order chi connectivity index (χ1) is 12.0. The Morgan fingerprint density at radius 3 is 3.00 bits per heavy atom. The highest BCUT2D eigenvalue weighted by molar-refractivity contribution is 5.73. The number of carbonyl (C=O) groups is 1. The molecular formula is C16H21N7O2. The van der Waals surface area contributed by atoms with Crippen LogP contribution in [-0.2, 0) is 13.0 Å². The highest BCUT2D eigenvalue weighted by Gasteiger charge is 2.13. The van der Waals surface area contributed by atoms with Gasteiger partial charge < -0.3 is 14.7 Å². The number of nitrogens with zero attached hydrogens (tertiary/aromatic N) is 6. The van der Waals surface area contributed by atoms with Gasteiger partial charge in [-0.25, -0.2) is 9.78 Å². The van der Waals surface area contributed by atoms with Crippen molar-refractivity contribution in [1.29, 1.82) is 0 Å². The number of likely N-dealkylation sites (N-methyl/N-ethyl adjacent to an activating group) is 1. The molecule has 0 aliphatic heterocycles. The molecule has 3 rings (SSSR count). The monoisotopic (exact) mass is 343 g/mol. The van der Waals surface area contributed by atoms with Gasteiger partial charge in [0.25, 0.3) is 0 Å². The number of fused-ring (bicyclic) bond motifs is 1. The van der Waals surface area contributed by atoms with Crippen LogP contribution >= 0.6 is 0 Å². The molecule has 0 fully saturated rings. The Hall–Kier alpha value is -2.97. The number of carbonyl (C=O) groups excluding carboxylic acids is 1. The summed E-state index contributed by atoms with van der Waals surface area (Å²) in [6.07, 6.45) is 7.44. The van der Waals surface area contributed by atoms with Crippen LogP contribution in [0.2, 0.25) is 0 Å². The lowest BCUT2D eigenvalue weighted by Crippen LogP contribution is -2.38. The molecule has 0 spiro atoms. The van der Waals surface area contributed by atoms with Crippen molar-refractivity contribution in [2.75, 3.05) is 13.6 Å². The fourth-order valence-corrected chi connectivity index (χ4v) is 2.30. The molecule has 9 nitrogen and oxygen atoms in total. The van der Waals surface area contributed by atoms with E-state index in [1.54, 1.807) is 30.5 Å². The van der Waals surface area contributed by atoms with E-state index in [0.29, 0.717) is 31.2 Å². The van der Waals surface area contributed by atoms with Gasteiger partial charge >= 0.3 is 6.03 Å². The summed E-state index contributed by atoms with van der Waals surface area (Å²) in [5.74, 6) is 1.42. The van der Waals surface area contributed by atoms with Crippen molar-refractivity contribution in [3.8, 4) is 0 Å². The first kappa shape index (κ1) is 16.9. The number of hydrogen-bond acceptors (Lipinski definition) is 6. The lowest BCUT2D eigenvalue weighted by Gasteiger charge is -2.16. The Morgan fingerprint density at radius 2 is 2.24 bits per heavy atom. The molecular weight excluding hydrogens is 322 g/mol. The SMILES string of the molecule is CC(C)c1nc(CCN(C)C(=O)NCc2cnc3cnccn23)no1. The third-order valence-corrected chi connectivity index (χ3v) is 3.81. The molecule has 3 aromatic heterocycles. The number of imidazole rings is 1. The van der Waals surface area contributed by atoms with Gasteiger partial charge in [0.05, 0.1) is 24.6 Å². The molecule has 9 heteroatoms. The zero-order chi connectivity index (χ0) is 17.8. The Morgan fingerprint density at radius 1 is 1.40 bits per heavy atom. The molecule has 1 N–H and O–H groups in total. The van der Waals surface area contributed by atoms with Gasteiger partial charge in [-0.15, -0.1) is 0 Å². The summed E-state index contributed by atoms with van der Waals surface area (Å²) in [4.78, 5) is 26.4. The van der Waals surface area contributed by atoms with Gasteiger partial charge in [-0.3, -0.25) is 9.38 Å². The van der Waals surface area contributed by atoms with Crippen LogP contribution in [-0.4, -0.2) is 49.0 Å². The topological polar surface area (TPSA) is 101 Å². The van der Waals surface area contributed by atoms with E-state index in [2.05, 4.69) is 25.4 Å². The summed E-state index contributed by atoms with van der Waals surface area (Å²) in [6, 6.07) is -0.170. The van der Waals surface area contributed by atoms with Crippen LogP contribution in [0, 0.1) is 0 Å². The molecule has 0 unspecified atom stereocenters. The molecule has 25 heavy (non-hydrogen) atoms. The van der Waals surface area contributed by atoms with Gasteiger partial charge in [0.1, 0.15) is 0 Å². The van der Waals surface area contributed by atoms with Crippen molar-refractivity contribution in [1.82, 2.24) is 34.7 Å². The summed E-state index contributed by atoms with van der Waals surface area (Å²) < 4.78 is 7.05. The Kier molecular flexibility index (Phi) is 4.92. The zero-order valence-electron chi connectivity index (χ0n) is 14.5. The molecule has 0 bridgehead atoms. The summed E-state index contributed by atoms with van der Waals surface area (Å²) >= 11 is 0. The van der Waals surface area contributed by atoms with E-state index in [9.17, 15) is 4.79 Å². The zero-order valence-corrected chi connectivity index (χ0v) is 14.5. The number of rotatable bonds is 6. The minimum absolute atomic E-state index is 0.170. The highest BCUT2D eigenvalue weighted by Crippen LogP contribution is 2.11. The Bertz CT molecular complexity index is 855. The van der Waals surface area contributed by atoms with Crippen molar-refractivity contribution in [3.63, 3.8) is 0 Å². The molecule has 2 amide bonds. The lowest BCUT2D eigenvalue weighted by atomic mass is 10.2. The first-order valence-electron chi connectivity index (χ1n) is 8.12. The van der Waals surface area contributed by atoms with E-state index < -0.39 is 0 Å². The van der Waals surface area contributed by atoms with Crippen LogP contribution in [0.5, 0.6) is 0 Å². The van der Waals surface area contributed by atoms with Gasteiger partial charge in [-0.2, -0.15) is 4.98 Å². The summed E-state index contributed by atoms with van der Waals surface area (Å²) in [7, 11) is 1.73. The second-order valence-corrected chi connectivity index (χ2v) is 6.09. The van der Waals surface area contributed by atoms with Crippen LogP contribution in [0.15, 0.2) is 29.3 Å². The van der Waals surface area contributed by atoms with E-state index in [1.807, 2.05) is 24.4 Å². The fourth-order valence-electron chi connectivity index (χ4n) is 2.30. The maximum Gasteiger partial charge on any atom is 0.317 e. The summed E-state index contributed by atoms with van der Waals surface area (Å²) in [6.45, 7) is 4.87. The molecule has 132 valence electrons. The molecule has 0 atom stereocenters. The van der Waals surface area contributed by atoms with Gasteiger partial charge in [0.2, 0.25) is 5.89 Å². The van der Waals surface area contributed by atoms with E-state index in [0.717, 1.165) is 11.3 Å². The minimum Gasteiger partial charge on any atom is -0.339 e. The average Bonchev–Trinajstić information content (AvgIpc) is 3.24. The first-order valence-corrected chi connectivity index (χ1v) is 8.12. The molecule has 0 saturated heterocycles. The van der Waals surface area contributed by atoms with Crippen LogP contribution in [0.25, 0.3) is 5.65 Å². The summed E-state index contributed by atoms with van der Waals surface area (Å²) in [5.41, 5.74) is 1.64. The van der Waals surface area contributed by atoms with Crippen LogP contribution in [0.3, 0.4) is 0 Å². The molecule has 0 aromatic carbocycles. The maximum absolute atomic E-state index is 12.2. The Balaban J connectivity index is 1.50. The van der Waals surface area contributed by atoms with Gasteiger partial charge in [0, 0.05) is 38.3 Å². The van der Waals surface area contributed by atoms with Gasteiger partial charge in [0.15, 0.2) is 11.5 Å². The number of aromatic nitrogens is 5. The number of urea groups is 1. The predicted molar refractivity (Wildman–Crippen MR) is 89.9 cm³/mol. The van der Waals surface area contributed by atoms with Gasteiger partial charge in [-0.05, 0) is 0 Å². The highest BCUT2D eigenvalue weighted by atomic mass is 16.5. The quantitative estimate of drug-likeness (QED) is 0.730. The van der Waals surface area contributed by atoms with Crippen molar-refractivity contribution >= 4 is 11.7 Å². The molecule has 0 aliphatic rings. The molecule has 3 aromatic rings. The second kappa shape index (κ2) is 7.29. The average molecular weight is 343 g/mol. The van der Waals surface area contributed by atoms with Crippen LogP contribution < -0.4 is 5.32 Å². The summed E-state index contributed by atoms with van der Waals surface area (Å²) in [5, 5.41) is 6.81. The third-order valence-electron chi connectivity index (χ3n) is 3.81. The van der Waals surface area contributed by atoms with Crippen LogP contribution in [0.4, 0.5) is 4.79 Å². The fraction of sp³-hybridized carbons (Fsp3) is 0.438. The van der Waals surface area contributed by atoms with Crippen molar-refractivity contribution in [2.45, 2.75) is 32.7 Å². The van der Waals surface area contributed by atoms with E-state index in [1.165, 1.54) is 0 Å². The smallest absolute Gasteiger partial charge is 0.317 e. The molecule has 0 aliphatic carbocycles. The Labute approximate surface area is 145 Å². The third kappa shape index (κ3) is 3.93. The van der Waals surface area contributed by atoms with E-state index in [-0.39, 0.29) is 11.9 Å². The second-order valence-electron chi connectivity index (χ2n) is 6.09. The van der Waals surface area contributed by atoms with Crippen molar-refractivity contribution in [2.24, 2.45) is 0 Å². The largest absolute Gasteiger partial charge is 0.339 e. The minimum atomic E-state index is -0.170. The van der Waals surface area contributed by atoms with Crippen LogP contribution in [0.1, 0.15) is 37.2 Å². The normalized spacial score (nSPS) is 11.2. The van der Waals surface area contributed by atoms with Crippen molar-refractivity contribution in [3.05, 3.63) is 42.2 Å². The number of nitrogens with one attached hydrogen (secondary N) is 1. The molecule has 0 radical (unpaired) electrons.